The molecule has 2 rings (SSSR count). The number of nitrogens with one attached hydrogen (secondary N) is 1. The van der Waals surface area contributed by atoms with Crippen LogP contribution in [-0.2, 0) is 0 Å². The lowest BCUT2D eigenvalue weighted by atomic mass is 9.93. The fraction of sp³-hybridized carbons (Fsp3) is 0.500. The molecule has 0 atom stereocenters. The van der Waals surface area contributed by atoms with Gasteiger partial charge in [0.1, 0.15) is 12.2 Å². The second-order valence-corrected chi connectivity index (χ2v) is 5.25. The standard InChI is InChI=1S/C12H15BrFNO2/c13-9-1-2-10(14)11(7-9)17-8-12(16)3-5-15-6-4-12/h1-2,7,15-16H,3-6,8H2. The predicted molar refractivity (Wildman–Crippen MR) is 66.6 cm³/mol. The van der Waals surface area contributed by atoms with E-state index in [1.807, 2.05) is 0 Å². The maximum absolute atomic E-state index is 13.4. The van der Waals surface area contributed by atoms with Gasteiger partial charge in [0.25, 0.3) is 0 Å². The van der Waals surface area contributed by atoms with Crippen LogP contribution in [0.1, 0.15) is 12.8 Å². The molecule has 0 radical (unpaired) electrons. The summed E-state index contributed by atoms with van der Waals surface area (Å²) in [7, 11) is 0. The lowest BCUT2D eigenvalue weighted by molar-refractivity contribution is -0.0294. The van der Waals surface area contributed by atoms with Crippen molar-refractivity contribution in [3.05, 3.63) is 28.5 Å². The summed E-state index contributed by atoms with van der Waals surface area (Å²) in [5.74, 6) is -0.239. The van der Waals surface area contributed by atoms with E-state index in [1.54, 1.807) is 12.1 Å². The highest BCUT2D eigenvalue weighted by molar-refractivity contribution is 9.10. The van der Waals surface area contributed by atoms with Crippen LogP contribution in [-0.4, -0.2) is 30.4 Å². The van der Waals surface area contributed by atoms with E-state index in [0.29, 0.717) is 12.8 Å². The number of hydrogen-bond acceptors (Lipinski definition) is 3. The molecule has 94 valence electrons. The van der Waals surface area contributed by atoms with Gasteiger partial charge >= 0.3 is 0 Å². The Kier molecular flexibility index (Phi) is 4.01. The van der Waals surface area contributed by atoms with E-state index >= 15 is 0 Å². The van der Waals surface area contributed by atoms with Crippen LogP contribution >= 0.6 is 15.9 Å². The van der Waals surface area contributed by atoms with E-state index in [-0.39, 0.29) is 12.4 Å². The maximum atomic E-state index is 13.4. The molecule has 1 aliphatic heterocycles. The second-order valence-electron chi connectivity index (χ2n) is 4.34. The van der Waals surface area contributed by atoms with Crippen LogP contribution in [0.2, 0.25) is 0 Å². The van der Waals surface area contributed by atoms with Crippen molar-refractivity contribution in [2.75, 3.05) is 19.7 Å². The summed E-state index contributed by atoms with van der Waals surface area (Å²) in [5, 5.41) is 13.4. The predicted octanol–water partition coefficient (Wildman–Crippen LogP) is 2.08. The molecule has 0 spiro atoms. The smallest absolute Gasteiger partial charge is 0.165 e. The molecule has 0 unspecified atom stereocenters. The molecule has 2 N–H and O–H groups in total. The SMILES string of the molecule is OC1(COc2cc(Br)ccc2F)CCNCC1. The largest absolute Gasteiger partial charge is 0.487 e. The summed E-state index contributed by atoms with van der Waals surface area (Å²) in [6.45, 7) is 1.66. The molecule has 1 aliphatic rings. The topological polar surface area (TPSA) is 41.5 Å². The number of piperidine rings is 1. The molecule has 1 heterocycles. The fourth-order valence-electron chi connectivity index (χ4n) is 1.84. The van der Waals surface area contributed by atoms with Crippen molar-refractivity contribution < 1.29 is 14.2 Å². The van der Waals surface area contributed by atoms with Gasteiger partial charge in [-0.05, 0) is 44.1 Å². The van der Waals surface area contributed by atoms with E-state index in [4.69, 9.17) is 4.74 Å². The average Bonchev–Trinajstić information content (AvgIpc) is 2.31. The minimum atomic E-state index is -0.847. The van der Waals surface area contributed by atoms with Gasteiger partial charge in [0.05, 0.1) is 0 Å². The number of halogens is 2. The van der Waals surface area contributed by atoms with Gasteiger partial charge in [-0.3, -0.25) is 0 Å². The normalized spacial score (nSPS) is 19.0. The summed E-state index contributed by atoms with van der Waals surface area (Å²) in [6.07, 6.45) is 1.26. The number of rotatable bonds is 3. The summed E-state index contributed by atoms with van der Waals surface area (Å²) in [5.41, 5.74) is -0.847. The Balaban J connectivity index is 1.99. The van der Waals surface area contributed by atoms with Crippen LogP contribution in [0.25, 0.3) is 0 Å². The molecule has 0 saturated carbocycles. The van der Waals surface area contributed by atoms with E-state index in [1.165, 1.54) is 6.07 Å². The molecular weight excluding hydrogens is 289 g/mol. The van der Waals surface area contributed by atoms with Crippen LogP contribution < -0.4 is 10.1 Å². The van der Waals surface area contributed by atoms with Gasteiger partial charge in [0, 0.05) is 4.47 Å². The molecule has 1 fully saturated rings. The quantitative estimate of drug-likeness (QED) is 0.898. The zero-order valence-electron chi connectivity index (χ0n) is 9.38. The Morgan fingerprint density at radius 3 is 2.82 bits per heavy atom. The van der Waals surface area contributed by atoms with Crippen molar-refractivity contribution in [1.82, 2.24) is 5.32 Å². The third-order valence-corrected chi connectivity index (χ3v) is 3.42. The Bertz CT molecular complexity index is 394. The molecule has 5 heteroatoms. The molecule has 0 aliphatic carbocycles. The molecule has 0 bridgehead atoms. The van der Waals surface area contributed by atoms with E-state index in [0.717, 1.165) is 17.6 Å². The van der Waals surface area contributed by atoms with Crippen molar-refractivity contribution in [3.63, 3.8) is 0 Å². The molecule has 1 saturated heterocycles. The van der Waals surface area contributed by atoms with Crippen LogP contribution in [0, 0.1) is 5.82 Å². The van der Waals surface area contributed by atoms with Crippen LogP contribution in [0.5, 0.6) is 5.75 Å². The minimum Gasteiger partial charge on any atom is -0.487 e. The van der Waals surface area contributed by atoms with Crippen LogP contribution in [0.15, 0.2) is 22.7 Å². The maximum Gasteiger partial charge on any atom is 0.165 e. The Morgan fingerprint density at radius 1 is 1.41 bits per heavy atom. The lowest BCUT2D eigenvalue weighted by Crippen LogP contribution is -2.46. The van der Waals surface area contributed by atoms with E-state index < -0.39 is 11.4 Å². The first-order valence-corrected chi connectivity index (χ1v) is 6.39. The molecule has 17 heavy (non-hydrogen) atoms. The molecular formula is C12H15BrFNO2. The van der Waals surface area contributed by atoms with Gasteiger partial charge in [-0.25, -0.2) is 4.39 Å². The first-order valence-electron chi connectivity index (χ1n) is 5.60. The van der Waals surface area contributed by atoms with Crippen molar-refractivity contribution in [2.45, 2.75) is 18.4 Å². The third-order valence-electron chi connectivity index (χ3n) is 2.92. The van der Waals surface area contributed by atoms with E-state index in [2.05, 4.69) is 21.2 Å². The van der Waals surface area contributed by atoms with Gasteiger partial charge in [-0.2, -0.15) is 0 Å². The number of ether oxygens (including phenoxy) is 1. The number of aliphatic hydroxyl groups is 1. The number of benzene rings is 1. The fourth-order valence-corrected chi connectivity index (χ4v) is 2.18. The molecule has 0 amide bonds. The van der Waals surface area contributed by atoms with Crippen molar-refractivity contribution in [2.24, 2.45) is 0 Å². The number of hydrogen-bond donors (Lipinski definition) is 2. The van der Waals surface area contributed by atoms with Gasteiger partial charge in [-0.15, -0.1) is 0 Å². The van der Waals surface area contributed by atoms with Crippen LogP contribution in [0.4, 0.5) is 4.39 Å². The third kappa shape index (κ3) is 3.40. The first kappa shape index (κ1) is 12.8. The van der Waals surface area contributed by atoms with Crippen molar-refractivity contribution in [1.29, 1.82) is 0 Å². The Labute approximate surface area is 108 Å². The van der Waals surface area contributed by atoms with Gasteiger partial charge in [-0.1, -0.05) is 15.9 Å². The monoisotopic (exact) mass is 303 g/mol. The van der Waals surface area contributed by atoms with Gasteiger partial charge in [0.15, 0.2) is 11.6 Å². The van der Waals surface area contributed by atoms with Gasteiger partial charge in [0.2, 0.25) is 0 Å². The minimum absolute atomic E-state index is 0.127. The average molecular weight is 304 g/mol. The molecule has 3 nitrogen and oxygen atoms in total. The summed E-state index contributed by atoms with van der Waals surface area (Å²) in [6, 6.07) is 4.52. The summed E-state index contributed by atoms with van der Waals surface area (Å²) in [4.78, 5) is 0. The summed E-state index contributed by atoms with van der Waals surface area (Å²) >= 11 is 3.26. The molecule has 1 aromatic rings. The first-order chi connectivity index (χ1) is 8.09. The van der Waals surface area contributed by atoms with Crippen molar-refractivity contribution in [3.8, 4) is 5.75 Å². The highest BCUT2D eigenvalue weighted by atomic mass is 79.9. The highest BCUT2D eigenvalue weighted by Crippen LogP contribution is 2.25. The summed E-state index contributed by atoms with van der Waals surface area (Å²) < 4.78 is 19.5. The zero-order chi connectivity index (χ0) is 12.3. The van der Waals surface area contributed by atoms with Gasteiger partial charge < -0.3 is 15.2 Å². The molecule has 1 aromatic carbocycles. The lowest BCUT2D eigenvalue weighted by Gasteiger charge is -2.32. The zero-order valence-corrected chi connectivity index (χ0v) is 11.0. The van der Waals surface area contributed by atoms with Crippen LogP contribution in [0.3, 0.4) is 0 Å². The molecule has 0 aromatic heterocycles. The van der Waals surface area contributed by atoms with Crippen molar-refractivity contribution >= 4 is 15.9 Å². The van der Waals surface area contributed by atoms with E-state index in [9.17, 15) is 9.50 Å². The Morgan fingerprint density at radius 2 is 2.12 bits per heavy atom. The second kappa shape index (κ2) is 5.33. The highest BCUT2D eigenvalue weighted by Gasteiger charge is 2.30. The Hall–Kier alpha value is -0.650.